The Balaban J connectivity index is 2.74. The van der Waals surface area contributed by atoms with Crippen LogP contribution in [0.4, 0.5) is 0 Å². The normalized spacial score (nSPS) is 16.9. The third-order valence-electron chi connectivity index (χ3n) is 4.69. The minimum Gasteiger partial charge on any atom is -0.432 e. The number of hydrogen-bond donors (Lipinski definition) is 2. The quantitative estimate of drug-likeness (QED) is 0.384. The highest BCUT2D eigenvalue weighted by Crippen LogP contribution is 2.28. The maximum Gasteiger partial charge on any atom is 0.328 e. The first-order valence-electron chi connectivity index (χ1n) is 9.86. The van der Waals surface area contributed by atoms with Crippen LogP contribution in [0.2, 0.25) is 25.2 Å². The fourth-order valence-corrected chi connectivity index (χ4v) is 12.0. The molecule has 0 saturated heterocycles. The molecule has 2 N–H and O–H groups in total. The van der Waals surface area contributed by atoms with E-state index in [1.54, 1.807) is 14.0 Å². The molecule has 5 nitrogen and oxygen atoms in total. The monoisotopic (exact) mass is 414 g/mol. The van der Waals surface area contributed by atoms with Gasteiger partial charge in [-0.25, -0.2) is 0 Å². The van der Waals surface area contributed by atoms with Gasteiger partial charge in [0.25, 0.3) is 0 Å². The van der Waals surface area contributed by atoms with Crippen LogP contribution in [0.25, 0.3) is 0 Å². The molecule has 0 bridgehead atoms. The first kappa shape index (κ1) is 24.5. The first-order valence-corrected chi connectivity index (χ1v) is 15.0. The maximum atomic E-state index is 9.62. The molecule has 0 aliphatic rings. The van der Waals surface area contributed by atoms with Crippen LogP contribution in [-0.4, -0.2) is 59.6 Å². The second kappa shape index (κ2) is 11.5. The van der Waals surface area contributed by atoms with E-state index in [0.717, 1.165) is 18.5 Å². The van der Waals surface area contributed by atoms with Gasteiger partial charge in [0.05, 0.1) is 12.7 Å². The number of ether oxygens (including phenoxy) is 1. The van der Waals surface area contributed by atoms with Gasteiger partial charge in [-0.05, 0) is 49.6 Å². The lowest BCUT2D eigenvalue weighted by Crippen LogP contribution is -2.56. The smallest absolute Gasteiger partial charge is 0.328 e. The molecule has 3 atom stereocenters. The van der Waals surface area contributed by atoms with E-state index in [0.29, 0.717) is 12.5 Å². The van der Waals surface area contributed by atoms with Crippen molar-refractivity contribution >= 4 is 22.1 Å². The van der Waals surface area contributed by atoms with Crippen molar-refractivity contribution in [3.8, 4) is 0 Å². The first-order chi connectivity index (χ1) is 12.6. The van der Waals surface area contributed by atoms with Crippen LogP contribution in [0.15, 0.2) is 30.3 Å². The molecule has 0 amide bonds. The number of rotatable bonds is 13. The molecule has 27 heavy (non-hydrogen) atoms. The highest BCUT2D eigenvalue weighted by molar-refractivity contribution is 6.91. The molecular weight excluding hydrogens is 376 g/mol. The molecule has 1 aromatic rings. The average molecular weight is 415 g/mol. The van der Waals surface area contributed by atoms with E-state index in [4.69, 9.17) is 13.3 Å². The van der Waals surface area contributed by atoms with Crippen molar-refractivity contribution in [1.29, 1.82) is 0 Å². The summed E-state index contributed by atoms with van der Waals surface area (Å²) in [7, 11) is -2.68. The number of hydrogen-bond acceptors (Lipinski definition) is 5. The number of aliphatic hydroxyl groups is 2. The van der Waals surface area contributed by atoms with E-state index in [9.17, 15) is 10.2 Å². The molecule has 0 radical (unpaired) electrons. The van der Waals surface area contributed by atoms with Crippen molar-refractivity contribution in [1.82, 2.24) is 0 Å². The molecule has 7 heteroatoms. The van der Waals surface area contributed by atoms with Crippen LogP contribution in [0.3, 0.4) is 0 Å². The number of aliphatic hydroxyl groups excluding tert-OH is 2. The van der Waals surface area contributed by atoms with Crippen molar-refractivity contribution < 1.29 is 23.5 Å². The average Bonchev–Trinajstić information content (AvgIpc) is 2.60. The van der Waals surface area contributed by atoms with Crippen molar-refractivity contribution in [3.05, 3.63) is 30.3 Å². The molecule has 0 aromatic heterocycles. The van der Waals surface area contributed by atoms with E-state index in [-0.39, 0.29) is 6.61 Å². The predicted octanol–water partition coefficient (Wildman–Crippen LogP) is 3.01. The Labute approximate surface area is 167 Å². The molecule has 3 unspecified atom stereocenters. The van der Waals surface area contributed by atoms with Gasteiger partial charge in [0.1, 0.15) is 6.10 Å². The summed E-state index contributed by atoms with van der Waals surface area (Å²) in [6.45, 7) is 11.1. The molecular formula is C20H38O5Si2. The Hall–Kier alpha value is -0.546. The second-order valence-electron chi connectivity index (χ2n) is 8.18. The highest BCUT2D eigenvalue weighted by atomic mass is 28.4. The zero-order valence-corrected chi connectivity index (χ0v) is 19.8. The van der Waals surface area contributed by atoms with E-state index in [1.165, 1.54) is 5.19 Å². The molecule has 0 saturated carbocycles. The maximum absolute atomic E-state index is 9.62. The highest BCUT2D eigenvalue weighted by Gasteiger charge is 2.43. The van der Waals surface area contributed by atoms with Gasteiger partial charge in [-0.3, -0.25) is 0 Å². The summed E-state index contributed by atoms with van der Waals surface area (Å²) in [5.74, 6) is 0.496. The van der Waals surface area contributed by atoms with Crippen LogP contribution in [0.1, 0.15) is 27.2 Å². The minimum absolute atomic E-state index is 0.147. The van der Waals surface area contributed by atoms with Crippen molar-refractivity contribution in [2.24, 2.45) is 5.92 Å². The summed E-state index contributed by atoms with van der Waals surface area (Å²) >= 11 is 0. The lowest BCUT2D eigenvalue weighted by molar-refractivity contribution is -0.0303. The molecule has 1 rings (SSSR count). The Morgan fingerprint density at radius 3 is 2.19 bits per heavy atom. The van der Waals surface area contributed by atoms with Gasteiger partial charge in [-0.2, -0.15) is 0 Å². The molecule has 0 aliphatic heterocycles. The van der Waals surface area contributed by atoms with Gasteiger partial charge in [0, 0.05) is 13.7 Å². The van der Waals surface area contributed by atoms with Crippen LogP contribution in [0.5, 0.6) is 0 Å². The lowest BCUT2D eigenvalue weighted by atomic mass is 10.2. The molecule has 1 aromatic carbocycles. The molecule has 156 valence electrons. The van der Waals surface area contributed by atoms with Gasteiger partial charge < -0.3 is 23.5 Å². The summed E-state index contributed by atoms with van der Waals surface area (Å²) in [6.07, 6.45) is -0.802. The Bertz CT molecular complexity index is 524. The fourth-order valence-electron chi connectivity index (χ4n) is 3.19. The van der Waals surface area contributed by atoms with E-state index in [1.807, 2.05) is 6.07 Å². The van der Waals surface area contributed by atoms with Crippen LogP contribution in [0, 0.1) is 5.92 Å². The van der Waals surface area contributed by atoms with Gasteiger partial charge in [-0.15, -0.1) is 0 Å². The SMILES string of the molecule is CO[Si](CCCOCC(O)C(C)O)(CC(C)C)O[Si](C)(C)c1ccccc1. The summed E-state index contributed by atoms with van der Waals surface area (Å²) in [6, 6.07) is 12.3. The lowest BCUT2D eigenvalue weighted by Gasteiger charge is -2.38. The summed E-state index contributed by atoms with van der Waals surface area (Å²) in [4.78, 5) is 0. The third-order valence-corrected chi connectivity index (χ3v) is 13.2. The Kier molecular flexibility index (Phi) is 10.4. The molecule has 0 fully saturated rings. The van der Waals surface area contributed by atoms with Crippen molar-refractivity contribution in [2.75, 3.05) is 20.3 Å². The Morgan fingerprint density at radius 1 is 1.04 bits per heavy atom. The van der Waals surface area contributed by atoms with Crippen LogP contribution < -0.4 is 5.19 Å². The Morgan fingerprint density at radius 2 is 1.67 bits per heavy atom. The van der Waals surface area contributed by atoms with Gasteiger partial charge in [0.15, 0.2) is 0 Å². The second-order valence-corrected chi connectivity index (χ2v) is 15.7. The summed E-state index contributed by atoms with van der Waals surface area (Å²) in [5, 5.41) is 20.2. The van der Waals surface area contributed by atoms with Gasteiger partial charge in [0.2, 0.25) is 8.32 Å². The van der Waals surface area contributed by atoms with Crippen molar-refractivity contribution in [2.45, 2.75) is 64.6 Å². The zero-order chi connectivity index (χ0) is 20.5. The largest absolute Gasteiger partial charge is 0.432 e. The van der Waals surface area contributed by atoms with E-state index >= 15 is 0 Å². The molecule has 0 aliphatic carbocycles. The predicted molar refractivity (Wildman–Crippen MR) is 115 cm³/mol. The minimum atomic E-state index is -2.38. The standard InChI is InChI=1S/C20H38O5Si2/c1-17(2)16-27(23-4,14-10-13-24-15-20(22)18(3)21)25-26(5,6)19-11-8-7-9-12-19/h7-9,11-12,17-18,20-22H,10,13-16H2,1-6H3. The fraction of sp³-hybridized carbons (Fsp3) is 0.700. The van der Waals surface area contributed by atoms with E-state index in [2.05, 4.69) is 51.2 Å². The molecule has 0 spiro atoms. The van der Waals surface area contributed by atoms with Crippen LogP contribution >= 0.6 is 0 Å². The molecule has 0 heterocycles. The number of benzene rings is 1. The summed E-state index contributed by atoms with van der Waals surface area (Å²) < 4.78 is 18.5. The van der Waals surface area contributed by atoms with Gasteiger partial charge in [-0.1, -0.05) is 44.2 Å². The third kappa shape index (κ3) is 8.56. The topological polar surface area (TPSA) is 68.2 Å². The van der Waals surface area contributed by atoms with Crippen LogP contribution in [-0.2, 0) is 13.3 Å². The summed E-state index contributed by atoms with van der Waals surface area (Å²) in [5.41, 5.74) is 0. The van der Waals surface area contributed by atoms with Crippen molar-refractivity contribution in [3.63, 3.8) is 0 Å². The van der Waals surface area contributed by atoms with E-state index < -0.39 is 29.1 Å². The zero-order valence-electron chi connectivity index (χ0n) is 17.8. The van der Waals surface area contributed by atoms with Gasteiger partial charge >= 0.3 is 8.56 Å².